The fraction of sp³-hybridized carbons (Fsp3) is 0.276. The van der Waals surface area contributed by atoms with Gasteiger partial charge in [0.1, 0.15) is 23.0 Å². The Hall–Kier alpha value is -6.13. The number of hydrogen-bond acceptors (Lipinski definition) is 3. The molecular formula is C58H56B2N2O2. The molecule has 0 saturated heterocycles. The molecule has 64 heavy (non-hydrogen) atoms. The highest BCUT2D eigenvalue weighted by atomic mass is 16.5. The Bertz CT molecular complexity index is 3330. The SMILES string of the molecule is CC(C)(C)c1ccc(N2c3ccc(C(C)(C)C)cc3B3c4cc5c(cc4Oc4cccc2c43)B2c3c(cccc3-n3c4ccc(C(C)(C)C)cc4c4cc(C(C)(C)C)cc2c43)O5)cc1. The van der Waals surface area contributed by atoms with Crippen molar-refractivity contribution in [2.45, 2.75) is 105 Å². The van der Waals surface area contributed by atoms with Crippen LogP contribution in [0.3, 0.4) is 0 Å². The van der Waals surface area contributed by atoms with E-state index < -0.39 is 0 Å². The van der Waals surface area contributed by atoms with Gasteiger partial charge in [0.2, 0.25) is 0 Å². The molecule has 1 aromatic heterocycles. The van der Waals surface area contributed by atoms with E-state index in [9.17, 15) is 0 Å². The van der Waals surface area contributed by atoms with Crippen molar-refractivity contribution in [2.24, 2.45) is 0 Å². The maximum absolute atomic E-state index is 7.21. The Morgan fingerprint density at radius 3 is 1.50 bits per heavy atom. The Labute approximate surface area is 379 Å². The molecule has 0 fully saturated rings. The largest absolute Gasteiger partial charge is 0.458 e. The molecule has 316 valence electrons. The molecule has 8 aromatic rings. The highest BCUT2D eigenvalue weighted by Crippen LogP contribution is 2.44. The molecule has 4 aliphatic heterocycles. The van der Waals surface area contributed by atoms with Crippen LogP contribution in [0.1, 0.15) is 105 Å². The lowest BCUT2D eigenvalue weighted by Crippen LogP contribution is -2.62. The monoisotopic (exact) mass is 834 g/mol. The molecule has 0 amide bonds. The summed E-state index contributed by atoms with van der Waals surface area (Å²) in [7, 11) is 0. The molecule has 5 heterocycles. The first-order valence-corrected chi connectivity index (χ1v) is 23.2. The lowest BCUT2D eigenvalue weighted by atomic mass is 9.32. The molecule has 0 bridgehead atoms. The Balaban J connectivity index is 1.10. The van der Waals surface area contributed by atoms with Crippen molar-refractivity contribution in [3.63, 3.8) is 0 Å². The lowest BCUT2D eigenvalue weighted by molar-refractivity contribution is 0.475. The second kappa shape index (κ2) is 12.8. The number of aromatic nitrogens is 1. The van der Waals surface area contributed by atoms with Crippen LogP contribution in [0.5, 0.6) is 23.0 Å². The molecule has 0 radical (unpaired) electrons. The van der Waals surface area contributed by atoms with E-state index >= 15 is 0 Å². The van der Waals surface area contributed by atoms with Gasteiger partial charge in [0.25, 0.3) is 13.4 Å². The highest BCUT2D eigenvalue weighted by molar-refractivity contribution is 7.01. The number of rotatable bonds is 1. The van der Waals surface area contributed by atoms with Gasteiger partial charge in [-0.3, -0.25) is 0 Å². The molecule has 0 spiro atoms. The van der Waals surface area contributed by atoms with Crippen LogP contribution >= 0.6 is 0 Å². The van der Waals surface area contributed by atoms with Gasteiger partial charge in [-0.2, -0.15) is 0 Å². The van der Waals surface area contributed by atoms with Gasteiger partial charge in [0, 0.05) is 39.0 Å². The minimum Gasteiger partial charge on any atom is -0.458 e. The quantitative estimate of drug-likeness (QED) is 0.154. The van der Waals surface area contributed by atoms with Crippen LogP contribution in [0, 0.1) is 0 Å². The summed E-state index contributed by atoms with van der Waals surface area (Å²) >= 11 is 0. The zero-order valence-electron chi connectivity index (χ0n) is 39.4. The van der Waals surface area contributed by atoms with Crippen LogP contribution in [0.15, 0.2) is 121 Å². The zero-order chi connectivity index (χ0) is 44.6. The van der Waals surface area contributed by atoms with Crippen LogP contribution in [0.25, 0.3) is 27.5 Å². The average Bonchev–Trinajstić information content (AvgIpc) is 3.57. The van der Waals surface area contributed by atoms with E-state index in [0.717, 1.165) is 45.3 Å². The van der Waals surface area contributed by atoms with Crippen LogP contribution in [-0.4, -0.2) is 18.0 Å². The summed E-state index contributed by atoms with van der Waals surface area (Å²) < 4.78 is 16.9. The number of nitrogens with zero attached hydrogens (tertiary/aromatic N) is 2. The van der Waals surface area contributed by atoms with Crippen LogP contribution in [0.4, 0.5) is 17.1 Å². The zero-order valence-corrected chi connectivity index (χ0v) is 39.4. The van der Waals surface area contributed by atoms with E-state index in [0.29, 0.717) is 0 Å². The van der Waals surface area contributed by atoms with Crippen molar-refractivity contribution in [1.29, 1.82) is 0 Å². The number of fused-ring (bicyclic) bond motifs is 11. The summed E-state index contributed by atoms with van der Waals surface area (Å²) in [6.45, 7) is 27.6. The van der Waals surface area contributed by atoms with Crippen LogP contribution in [0.2, 0.25) is 0 Å². The van der Waals surface area contributed by atoms with E-state index in [4.69, 9.17) is 9.47 Å². The third-order valence-corrected chi connectivity index (χ3v) is 14.7. The standard InChI is InChI=1S/C58H56B2N2O2/c1-55(2,3)33-19-23-37(24-20-33)61-45-26-22-35(57(7,8)9)29-40(45)59-41-31-51-42(32-50(41)63-48-17-13-15-46(61)52(48)59)60-43-30-36(58(10,11)12)28-39-38-27-34(56(4,5)6)21-25-44(38)62(54(39)43)47-16-14-18-49(64-51)53(47)60/h13-32H,1-12H3. The van der Waals surface area contributed by atoms with Gasteiger partial charge >= 0.3 is 0 Å². The maximum Gasteiger partial charge on any atom is 0.256 e. The molecule has 4 aliphatic rings. The van der Waals surface area contributed by atoms with Gasteiger partial charge in [0.05, 0.1) is 5.52 Å². The van der Waals surface area contributed by atoms with Crippen molar-refractivity contribution < 1.29 is 9.47 Å². The van der Waals surface area contributed by atoms with E-state index in [-0.39, 0.29) is 35.1 Å². The minimum atomic E-state index is -0.0578. The Kier molecular flexibility index (Phi) is 7.88. The molecule has 6 heteroatoms. The van der Waals surface area contributed by atoms with Gasteiger partial charge in [-0.15, -0.1) is 0 Å². The second-order valence-electron chi connectivity index (χ2n) is 23.1. The third-order valence-electron chi connectivity index (χ3n) is 14.7. The van der Waals surface area contributed by atoms with Crippen molar-refractivity contribution in [3.8, 4) is 28.7 Å². The van der Waals surface area contributed by atoms with Crippen LogP contribution < -0.4 is 47.2 Å². The summed E-state index contributed by atoms with van der Waals surface area (Å²) in [6, 6.07) is 46.3. The fourth-order valence-electron chi connectivity index (χ4n) is 11.1. The fourth-order valence-corrected chi connectivity index (χ4v) is 11.1. The van der Waals surface area contributed by atoms with Crippen molar-refractivity contribution in [3.05, 3.63) is 144 Å². The molecule has 12 rings (SSSR count). The van der Waals surface area contributed by atoms with Gasteiger partial charge in [-0.05, 0) is 149 Å². The van der Waals surface area contributed by atoms with E-state index in [1.807, 2.05) is 0 Å². The molecule has 0 saturated carbocycles. The topological polar surface area (TPSA) is 26.6 Å². The summed E-state index contributed by atoms with van der Waals surface area (Å²) in [4.78, 5) is 2.45. The minimum absolute atomic E-state index is 0.0260. The molecule has 0 N–H and O–H groups in total. The van der Waals surface area contributed by atoms with E-state index in [1.54, 1.807) is 0 Å². The number of hydrogen-bond donors (Lipinski definition) is 0. The van der Waals surface area contributed by atoms with Gasteiger partial charge in [-0.25, -0.2) is 0 Å². The molecular weight excluding hydrogens is 778 g/mol. The van der Waals surface area contributed by atoms with Crippen molar-refractivity contribution in [2.75, 3.05) is 4.90 Å². The maximum atomic E-state index is 7.21. The summed E-state index contributed by atoms with van der Waals surface area (Å²) in [5, 5.41) is 2.62. The highest BCUT2D eigenvalue weighted by Gasteiger charge is 2.46. The predicted molar refractivity (Wildman–Crippen MR) is 273 cm³/mol. The summed E-state index contributed by atoms with van der Waals surface area (Å²) in [6.07, 6.45) is 0. The first kappa shape index (κ1) is 39.5. The van der Waals surface area contributed by atoms with Gasteiger partial charge < -0.3 is 18.9 Å². The summed E-state index contributed by atoms with van der Waals surface area (Å²) in [5.74, 6) is 3.63. The number of anilines is 3. The molecule has 0 aliphatic carbocycles. The van der Waals surface area contributed by atoms with Crippen LogP contribution in [-0.2, 0) is 21.7 Å². The summed E-state index contributed by atoms with van der Waals surface area (Å²) in [5.41, 5.74) is 19.8. The average molecular weight is 835 g/mol. The van der Waals surface area contributed by atoms with Crippen molar-refractivity contribution >= 4 is 85.1 Å². The first-order valence-electron chi connectivity index (χ1n) is 23.2. The molecule has 0 unspecified atom stereocenters. The number of ether oxygens (including phenoxy) is 2. The van der Waals surface area contributed by atoms with Gasteiger partial charge in [-0.1, -0.05) is 132 Å². The molecule has 0 atom stereocenters. The van der Waals surface area contributed by atoms with E-state index in [1.165, 1.54) is 77.3 Å². The third kappa shape index (κ3) is 5.56. The number of benzene rings is 7. The second-order valence-corrected chi connectivity index (χ2v) is 23.1. The predicted octanol–water partition coefficient (Wildman–Crippen LogP) is 11.3. The Morgan fingerprint density at radius 2 is 0.891 bits per heavy atom. The van der Waals surface area contributed by atoms with E-state index in [2.05, 4.69) is 214 Å². The lowest BCUT2D eigenvalue weighted by Gasteiger charge is -2.41. The first-order chi connectivity index (χ1) is 30.3. The molecule has 7 aromatic carbocycles. The van der Waals surface area contributed by atoms with Crippen molar-refractivity contribution in [1.82, 2.24) is 4.57 Å². The van der Waals surface area contributed by atoms with Gasteiger partial charge in [0.15, 0.2) is 0 Å². The normalized spacial score (nSPS) is 14.7. The Morgan fingerprint density at radius 1 is 0.391 bits per heavy atom. The smallest absolute Gasteiger partial charge is 0.256 e. The molecule has 4 nitrogen and oxygen atoms in total.